The molecule has 2 fully saturated rings. The zero-order valence-electron chi connectivity index (χ0n) is 10.7. The summed E-state index contributed by atoms with van der Waals surface area (Å²) in [5.74, 6) is 1.24. The molecule has 0 radical (unpaired) electrons. The van der Waals surface area contributed by atoms with Gasteiger partial charge >= 0.3 is 0 Å². The highest BCUT2D eigenvalue weighted by molar-refractivity contribution is 6.53. The first-order valence-corrected chi connectivity index (χ1v) is 7.22. The van der Waals surface area contributed by atoms with Crippen molar-refractivity contribution in [3.05, 3.63) is 0 Å². The molecular weight excluding hydrogens is 257 g/mol. The molecular formula is C13H21Cl2NO. The van der Waals surface area contributed by atoms with Gasteiger partial charge in [-0.2, -0.15) is 0 Å². The van der Waals surface area contributed by atoms with E-state index in [1.54, 1.807) is 0 Å². The van der Waals surface area contributed by atoms with Crippen molar-refractivity contribution in [2.24, 2.45) is 17.3 Å². The minimum Gasteiger partial charge on any atom is -0.353 e. The number of carbonyl (C=O) groups is 1. The smallest absolute Gasteiger partial charge is 0.229 e. The van der Waals surface area contributed by atoms with Crippen LogP contribution in [0.15, 0.2) is 0 Å². The summed E-state index contributed by atoms with van der Waals surface area (Å²) in [6.45, 7) is 6.33. The normalized spacial score (nSPS) is 44.2. The molecule has 0 aromatic rings. The fraction of sp³-hybridized carbons (Fsp3) is 0.923. The van der Waals surface area contributed by atoms with Gasteiger partial charge in [0.2, 0.25) is 5.91 Å². The second-order valence-corrected chi connectivity index (χ2v) is 7.54. The van der Waals surface area contributed by atoms with Crippen LogP contribution < -0.4 is 5.32 Å². The van der Waals surface area contributed by atoms with E-state index in [1.165, 1.54) is 12.8 Å². The molecule has 1 N–H and O–H groups in total. The third kappa shape index (κ3) is 2.31. The molecule has 0 bridgehead atoms. The van der Waals surface area contributed by atoms with Gasteiger partial charge in [0, 0.05) is 6.04 Å². The van der Waals surface area contributed by atoms with E-state index < -0.39 is 9.75 Å². The molecule has 2 rings (SSSR count). The van der Waals surface area contributed by atoms with Gasteiger partial charge in [-0.15, -0.1) is 23.2 Å². The number of alkyl halides is 2. The average Bonchev–Trinajstić information content (AvgIpc) is 2.75. The maximum absolute atomic E-state index is 12.2. The van der Waals surface area contributed by atoms with Crippen molar-refractivity contribution in [2.45, 2.75) is 56.8 Å². The van der Waals surface area contributed by atoms with Crippen LogP contribution in [-0.4, -0.2) is 16.3 Å². The van der Waals surface area contributed by atoms with Gasteiger partial charge in [0.15, 0.2) is 0 Å². The average molecular weight is 278 g/mol. The third-order valence-electron chi connectivity index (χ3n) is 4.78. The molecule has 0 aromatic heterocycles. The molecule has 2 saturated carbocycles. The minimum atomic E-state index is -0.861. The molecule has 0 heterocycles. The fourth-order valence-corrected chi connectivity index (χ4v) is 3.47. The van der Waals surface area contributed by atoms with Crippen molar-refractivity contribution in [3.8, 4) is 0 Å². The molecule has 1 amide bonds. The standard InChI is InChI=1S/C13H21Cl2NO/c1-8-5-4-6-10(9(8)2)16-11(17)12(3)7-13(12,14)15/h8-10H,4-7H2,1-3H3,(H,16,17)/t8-,9-,10+,12+/m1/s1. The Morgan fingerprint density at radius 3 is 2.41 bits per heavy atom. The first kappa shape index (κ1) is 13.5. The van der Waals surface area contributed by atoms with Crippen LogP contribution in [0.5, 0.6) is 0 Å². The van der Waals surface area contributed by atoms with E-state index in [9.17, 15) is 4.79 Å². The van der Waals surface area contributed by atoms with Gasteiger partial charge < -0.3 is 5.32 Å². The zero-order chi connectivity index (χ0) is 12.8. The first-order chi connectivity index (χ1) is 7.78. The molecule has 2 aliphatic carbocycles. The number of hydrogen-bond donors (Lipinski definition) is 1. The van der Waals surface area contributed by atoms with Crippen LogP contribution in [0.2, 0.25) is 0 Å². The largest absolute Gasteiger partial charge is 0.353 e. The number of rotatable bonds is 2. The summed E-state index contributed by atoms with van der Waals surface area (Å²) in [7, 11) is 0. The molecule has 2 nitrogen and oxygen atoms in total. The van der Waals surface area contributed by atoms with Crippen LogP contribution in [-0.2, 0) is 4.79 Å². The SMILES string of the molecule is C[C@@H]1[C@H](C)CCC[C@@H]1NC(=O)[C@]1(C)CC1(Cl)Cl. The van der Waals surface area contributed by atoms with E-state index in [0.29, 0.717) is 18.3 Å². The van der Waals surface area contributed by atoms with Crippen molar-refractivity contribution in [2.75, 3.05) is 0 Å². The highest BCUT2D eigenvalue weighted by atomic mass is 35.5. The molecule has 2 aliphatic rings. The van der Waals surface area contributed by atoms with E-state index in [-0.39, 0.29) is 11.9 Å². The zero-order valence-corrected chi connectivity index (χ0v) is 12.2. The lowest BCUT2D eigenvalue weighted by Crippen LogP contribution is -2.46. The van der Waals surface area contributed by atoms with E-state index >= 15 is 0 Å². The lowest BCUT2D eigenvalue weighted by atomic mass is 9.78. The first-order valence-electron chi connectivity index (χ1n) is 6.47. The Hall–Kier alpha value is 0.0500. The maximum Gasteiger partial charge on any atom is 0.229 e. The summed E-state index contributed by atoms with van der Waals surface area (Å²) in [6, 6.07) is 0.285. The minimum absolute atomic E-state index is 0.0217. The molecule has 98 valence electrons. The van der Waals surface area contributed by atoms with Crippen molar-refractivity contribution >= 4 is 29.1 Å². The summed E-state index contributed by atoms with van der Waals surface area (Å²) in [4.78, 5) is 12.2. The van der Waals surface area contributed by atoms with Gasteiger partial charge in [-0.05, 0) is 31.6 Å². The van der Waals surface area contributed by atoms with Crippen LogP contribution in [0.25, 0.3) is 0 Å². The van der Waals surface area contributed by atoms with Gasteiger partial charge in [0.05, 0.1) is 5.41 Å². The number of hydrogen-bond acceptors (Lipinski definition) is 1. The van der Waals surface area contributed by atoms with Gasteiger partial charge in [0.25, 0.3) is 0 Å². The van der Waals surface area contributed by atoms with Gasteiger partial charge in [-0.3, -0.25) is 4.79 Å². The predicted molar refractivity (Wildman–Crippen MR) is 71.3 cm³/mol. The molecule has 4 atom stereocenters. The Morgan fingerprint density at radius 1 is 1.29 bits per heavy atom. The van der Waals surface area contributed by atoms with E-state index in [0.717, 1.165) is 6.42 Å². The molecule has 0 aromatic carbocycles. The van der Waals surface area contributed by atoms with Gasteiger partial charge in [-0.25, -0.2) is 0 Å². The molecule has 0 unspecified atom stereocenters. The van der Waals surface area contributed by atoms with Crippen molar-refractivity contribution < 1.29 is 4.79 Å². The maximum atomic E-state index is 12.2. The van der Waals surface area contributed by atoms with Crippen molar-refractivity contribution in [1.82, 2.24) is 5.32 Å². The Morgan fingerprint density at radius 2 is 1.88 bits per heavy atom. The lowest BCUT2D eigenvalue weighted by molar-refractivity contribution is -0.127. The van der Waals surface area contributed by atoms with E-state index in [1.807, 2.05) is 6.92 Å². The fourth-order valence-electron chi connectivity index (χ4n) is 2.76. The monoisotopic (exact) mass is 277 g/mol. The van der Waals surface area contributed by atoms with Crippen LogP contribution in [0, 0.1) is 17.3 Å². The van der Waals surface area contributed by atoms with E-state index in [2.05, 4.69) is 19.2 Å². The number of nitrogens with one attached hydrogen (secondary N) is 1. The van der Waals surface area contributed by atoms with Crippen LogP contribution in [0.1, 0.15) is 46.5 Å². The van der Waals surface area contributed by atoms with Crippen LogP contribution in [0.4, 0.5) is 0 Å². The number of amides is 1. The molecule has 0 saturated heterocycles. The summed E-state index contributed by atoms with van der Waals surface area (Å²) < 4.78 is -0.861. The third-order valence-corrected chi connectivity index (χ3v) is 5.88. The number of halogens is 2. The van der Waals surface area contributed by atoms with Gasteiger partial charge in [0.1, 0.15) is 4.33 Å². The second kappa shape index (κ2) is 4.31. The summed E-state index contributed by atoms with van der Waals surface area (Å²) in [5.41, 5.74) is -0.587. The molecule has 17 heavy (non-hydrogen) atoms. The highest BCUT2D eigenvalue weighted by Gasteiger charge is 2.68. The molecule has 0 aliphatic heterocycles. The summed E-state index contributed by atoms with van der Waals surface area (Å²) in [6.07, 6.45) is 4.09. The summed E-state index contributed by atoms with van der Waals surface area (Å²) >= 11 is 12.1. The highest BCUT2D eigenvalue weighted by Crippen LogP contribution is 2.63. The molecule has 4 heteroatoms. The quantitative estimate of drug-likeness (QED) is 0.769. The van der Waals surface area contributed by atoms with Crippen LogP contribution >= 0.6 is 23.2 Å². The van der Waals surface area contributed by atoms with Crippen molar-refractivity contribution in [3.63, 3.8) is 0 Å². The Balaban J connectivity index is 1.95. The number of carbonyl (C=O) groups excluding carboxylic acids is 1. The van der Waals surface area contributed by atoms with Crippen LogP contribution in [0.3, 0.4) is 0 Å². The summed E-state index contributed by atoms with van der Waals surface area (Å²) in [5, 5.41) is 3.15. The Kier molecular flexibility index (Phi) is 3.42. The Bertz CT molecular complexity index is 331. The molecule has 0 spiro atoms. The van der Waals surface area contributed by atoms with E-state index in [4.69, 9.17) is 23.2 Å². The second-order valence-electron chi connectivity index (χ2n) is 6.06. The van der Waals surface area contributed by atoms with Crippen molar-refractivity contribution in [1.29, 1.82) is 0 Å². The topological polar surface area (TPSA) is 29.1 Å². The van der Waals surface area contributed by atoms with Gasteiger partial charge in [-0.1, -0.05) is 26.7 Å². The predicted octanol–water partition coefficient (Wildman–Crippen LogP) is 3.51. The Labute approximate surface area is 113 Å². The lowest BCUT2D eigenvalue weighted by Gasteiger charge is -2.35.